The molecule has 0 radical (unpaired) electrons. The fourth-order valence-electron chi connectivity index (χ4n) is 2.41. The molecule has 0 saturated carbocycles. The van der Waals surface area contributed by atoms with Gasteiger partial charge in [0.25, 0.3) is 0 Å². The van der Waals surface area contributed by atoms with Crippen molar-refractivity contribution in [1.29, 1.82) is 0 Å². The minimum absolute atomic E-state index is 0.180. The number of hydrogen-bond acceptors (Lipinski definition) is 5. The Kier molecular flexibility index (Phi) is 2.70. The first-order valence-corrected chi connectivity index (χ1v) is 5.86. The van der Waals surface area contributed by atoms with Gasteiger partial charge in [-0.05, 0) is 12.1 Å². The van der Waals surface area contributed by atoms with E-state index in [-0.39, 0.29) is 12.8 Å². The van der Waals surface area contributed by atoms with Gasteiger partial charge < -0.3 is 25.3 Å². The summed E-state index contributed by atoms with van der Waals surface area (Å²) in [4.78, 5) is 4.03. The zero-order chi connectivity index (χ0) is 12.7. The molecule has 0 bridgehead atoms. The van der Waals surface area contributed by atoms with Crippen LogP contribution in [-0.4, -0.2) is 38.6 Å². The van der Waals surface area contributed by atoms with Crippen LogP contribution in [-0.2, 0) is 4.74 Å². The lowest BCUT2D eigenvalue weighted by Gasteiger charge is -2.15. The first-order valence-electron chi connectivity index (χ1n) is 5.86. The van der Waals surface area contributed by atoms with E-state index in [2.05, 4.69) is 4.98 Å². The largest absolute Gasteiger partial charge is 0.394 e. The van der Waals surface area contributed by atoms with E-state index in [4.69, 9.17) is 15.6 Å². The van der Waals surface area contributed by atoms with Crippen molar-refractivity contribution in [2.45, 2.75) is 24.9 Å². The average molecular weight is 249 g/mol. The van der Waals surface area contributed by atoms with Gasteiger partial charge in [0.15, 0.2) is 0 Å². The third kappa shape index (κ3) is 1.66. The lowest BCUT2D eigenvalue weighted by Crippen LogP contribution is -2.24. The summed E-state index contributed by atoms with van der Waals surface area (Å²) < 4.78 is 7.53. The summed E-state index contributed by atoms with van der Waals surface area (Å²) in [6.07, 6.45) is 2.51. The standard InChI is InChI=1S/C12H15N3O3/c13-12-7-2-4-15(8(7)1-3-14-12)11-5-9(17)10(6-16)18-11/h1-4,9-11,16-17H,5-6H2,(H2,13,14)/t9-,10+,11-/m0/s1. The molecule has 3 heterocycles. The molecule has 3 atom stereocenters. The van der Waals surface area contributed by atoms with Crippen molar-refractivity contribution in [3.05, 3.63) is 24.5 Å². The number of fused-ring (bicyclic) bond motifs is 1. The number of pyridine rings is 1. The molecule has 0 spiro atoms. The molecule has 0 aromatic carbocycles. The highest BCUT2D eigenvalue weighted by Gasteiger charge is 2.34. The van der Waals surface area contributed by atoms with E-state index < -0.39 is 12.2 Å². The highest BCUT2D eigenvalue weighted by atomic mass is 16.5. The number of aliphatic hydroxyl groups excluding tert-OH is 2. The lowest BCUT2D eigenvalue weighted by atomic mass is 10.2. The lowest BCUT2D eigenvalue weighted by molar-refractivity contribution is -0.0428. The Morgan fingerprint density at radius 3 is 3.06 bits per heavy atom. The predicted octanol–water partition coefficient (Wildman–Crippen LogP) is 0.259. The summed E-state index contributed by atoms with van der Waals surface area (Å²) in [5.74, 6) is 0.475. The van der Waals surface area contributed by atoms with Crippen molar-refractivity contribution in [3.8, 4) is 0 Å². The van der Waals surface area contributed by atoms with E-state index in [1.807, 2.05) is 22.9 Å². The second-order valence-electron chi connectivity index (χ2n) is 4.47. The zero-order valence-electron chi connectivity index (χ0n) is 9.73. The van der Waals surface area contributed by atoms with Crippen LogP contribution in [0.5, 0.6) is 0 Å². The van der Waals surface area contributed by atoms with Gasteiger partial charge in [-0.2, -0.15) is 0 Å². The molecule has 18 heavy (non-hydrogen) atoms. The molecule has 1 fully saturated rings. The fraction of sp³-hybridized carbons (Fsp3) is 0.417. The molecule has 0 aliphatic carbocycles. The minimum Gasteiger partial charge on any atom is -0.394 e. The molecule has 1 aliphatic rings. The number of ether oxygens (including phenoxy) is 1. The molecule has 96 valence electrons. The Bertz CT molecular complexity index is 569. The van der Waals surface area contributed by atoms with Gasteiger partial charge in [0.1, 0.15) is 18.1 Å². The number of nitrogen functional groups attached to an aromatic ring is 1. The number of nitrogens with two attached hydrogens (primary N) is 1. The van der Waals surface area contributed by atoms with Gasteiger partial charge in [-0.3, -0.25) is 0 Å². The smallest absolute Gasteiger partial charge is 0.137 e. The van der Waals surface area contributed by atoms with E-state index in [1.54, 1.807) is 6.20 Å². The summed E-state index contributed by atoms with van der Waals surface area (Å²) in [5, 5.41) is 19.7. The van der Waals surface area contributed by atoms with Crippen molar-refractivity contribution < 1.29 is 14.9 Å². The highest BCUT2D eigenvalue weighted by Crippen LogP contribution is 2.32. The topological polar surface area (TPSA) is 93.5 Å². The Hall–Kier alpha value is -1.63. The van der Waals surface area contributed by atoms with Crippen molar-refractivity contribution >= 4 is 16.7 Å². The van der Waals surface area contributed by atoms with Gasteiger partial charge >= 0.3 is 0 Å². The SMILES string of the molecule is Nc1nccc2c1ccn2[C@@H]1C[C@H](O)[C@@H](CO)O1. The van der Waals surface area contributed by atoms with E-state index in [0.717, 1.165) is 10.9 Å². The predicted molar refractivity (Wildman–Crippen MR) is 65.8 cm³/mol. The first kappa shape index (κ1) is 11.5. The molecule has 2 aromatic heterocycles. The van der Waals surface area contributed by atoms with E-state index in [9.17, 15) is 5.11 Å². The zero-order valence-corrected chi connectivity index (χ0v) is 9.73. The number of nitrogens with zero attached hydrogens (tertiary/aromatic N) is 2. The van der Waals surface area contributed by atoms with Crippen LogP contribution < -0.4 is 5.73 Å². The second-order valence-corrected chi connectivity index (χ2v) is 4.47. The van der Waals surface area contributed by atoms with Crippen molar-refractivity contribution in [2.75, 3.05) is 12.3 Å². The maximum absolute atomic E-state index is 9.75. The van der Waals surface area contributed by atoms with Crippen LogP contribution >= 0.6 is 0 Å². The van der Waals surface area contributed by atoms with Crippen molar-refractivity contribution in [2.24, 2.45) is 0 Å². The van der Waals surface area contributed by atoms with Crippen LogP contribution in [0.15, 0.2) is 24.5 Å². The van der Waals surface area contributed by atoms with Gasteiger partial charge in [0, 0.05) is 24.2 Å². The number of hydrogen-bond donors (Lipinski definition) is 3. The molecular weight excluding hydrogens is 234 g/mol. The van der Waals surface area contributed by atoms with Gasteiger partial charge in [0.2, 0.25) is 0 Å². The van der Waals surface area contributed by atoms with Crippen LogP contribution in [0.3, 0.4) is 0 Å². The third-order valence-corrected chi connectivity index (χ3v) is 3.37. The minimum atomic E-state index is -0.642. The maximum Gasteiger partial charge on any atom is 0.137 e. The summed E-state index contributed by atoms with van der Waals surface area (Å²) in [7, 11) is 0. The molecule has 1 saturated heterocycles. The summed E-state index contributed by atoms with van der Waals surface area (Å²) >= 11 is 0. The number of aromatic nitrogens is 2. The summed E-state index contributed by atoms with van der Waals surface area (Å²) in [6, 6.07) is 3.73. The van der Waals surface area contributed by atoms with Crippen molar-refractivity contribution in [3.63, 3.8) is 0 Å². The Morgan fingerprint density at radius 1 is 1.50 bits per heavy atom. The third-order valence-electron chi connectivity index (χ3n) is 3.37. The van der Waals surface area contributed by atoms with E-state index in [1.165, 1.54) is 0 Å². The van der Waals surface area contributed by atoms with E-state index >= 15 is 0 Å². The summed E-state index contributed by atoms with van der Waals surface area (Å²) in [5.41, 5.74) is 6.71. The Morgan fingerprint density at radius 2 is 2.33 bits per heavy atom. The normalized spacial score (nSPS) is 28.0. The van der Waals surface area contributed by atoms with Crippen LogP contribution in [0.25, 0.3) is 10.9 Å². The van der Waals surface area contributed by atoms with Gasteiger partial charge in [-0.15, -0.1) is 0 Å². The van der Waals surface area contributed by atoms with Crippen LogP contribution in [0.1, 0.15) is 12.6 Å². The fourth-order valence-corrected chi connectivity index (χ4v) is 2.41. The number of rotatable bonds is 2. The Labute approximate surface area is 104 Å². The molecule has 3 rings (SSSR count). The van der Waals surface area contributed by atoms with Crippen molar-refractivity contribution in [1.82, 2.24) is 9.55 Å². The van der Waals surface area contributed by atoms with Gasteiger partial charge in [-0.25, -0.2) is 4.98 Å². The molecule has 1 aliphatic heterocycles. The number of anilines is 1. The maximum atomic E-state index is 9.75. The second kappa shape index (κ2) is 4.24. The Balaban J connectivity index is 1.99. The average Bonchev–Trinajstić information content (AvgIpc) is 2.93. The quantitative estimate of drug-likeness (QED) is 0.709. The van der Waals surface area contributed by atoms with Gasteiger partial charge in [-0.1, -0.05) is 0 Å². The highest BCUT2D eigenvalue weighted by molar-refractivity contribution is 5.89. The molecule has 4 N–H and O–H groups in total. The van der Waals surface area contributed by atoms with Gasteiger partial charge in [0.05, 0.1) is 18.2 Å². The van der Waals surface area contributed by atoms with Crippen LogP contribution in [0.2, 0.25) is 0 Å². The molecular formula is C12H15N3O3. The molecule has 6 heteroatoms. The van der Waals surface area contributed by atoms with Crippen LogP contribution in [0, 0.1) is 0 Å². The van der Waals surface area contributed by atoms with E-state index in [0.29, 0.717) is 12.2 Å². The number of aliphatic hydroxyl groups is 2. The first-order chi connectivity index (χ1) is 8.70. The molecule has 0 unspecified atom stereocenters. The molecule has 2 aromatic rings. The molecule has 6 nitrogen and oxygen atoms in total. The van der Waals surface area contributed by atoms with Crippen LogP contribution in [0.4, 0.5) is 5.82 Å². The summed E-state index contributed by atoms with van der Waals surface area (Å²) in [6.45, 7) is -0.180. The monoisotopic (exact) mass is 249 g/mol. The molecule has 0 amide bonds.